The number of hydrogen-bond donors (Lipinski definition) is 3. The Balaban J connectivity index is 2.29. The van der Waals surface area contributed by atoms with E-state index in [1.165, 1.54) is 0 Å². The first-order valence-corrected chi connectivity index (χ1v) is 4.73. The van der Waals surface area contributed by atoms with E-state index in [9.17, 15) is 4.79 Å². The number of methoxy groups -OCH3 is 1. The van der Waals surface area contributed by atoms with E-state index in [0.29, 0.717) is 19.0 Å². The molecule has 0 saturated heterocycles. The first-order valence-electron chi connectivity index (χ1n) is 4.73. The highest BCUT2D eigenvalue weighted by Gasteiger charge is 2.03. The number of rotatable bonds is 7. The van der Waals surface area contributed by atoms with Gasteiger partial charge in [-0.05, 0) is 0 Å². The molecule has 0 radical (unpaired) electrons. The van der Waals surface area contributed by atoms with E-state index >= 15 is 0 Å². The van der Waals surface area contributed by atoms with Gasteiger partial charge in [-0.3, -0.25) is 4.79 Å². The number of nitrogens with two attached hydrogens (primary N) is 1. The molecule has 0 spiro atoms. The van der Waals surface area contributed by atoms with Gasteiger partial charge in [0.15, 0.2) is 0 Å². The van der Waals surface area contributed by atoms with Crippen LogP contribution in [0.5, 0.6) is 0 Å². The SMILES string of the molecule is COCCNCc1cnc(CC(N)=O)[nH]1. The van der Waals surface area contributed by atoms with Gasteiger partial charge in [0.2, 0.25) is 5.91 Å². The molecule has 0 bridgehead atoms. The first-order chi connectivity index (χ1) is 7.22. The summed E-state index contributed by atoms with van der Waals surface area (Å²) in [4.78, 5) is 17.6. The number of hydrogen-bond acceptors (Lipinski definition) is 4. The Kier molecular flexibility index (Phi) is 4.79. The second-order valence-corrected chi connectivity index (χ2v) is 3.17. The largest absolute Gasteiger partial charge is 0.383 e. The van der Waals surface area contributed by atoms with Crippen molar-refractivity contribution in [1.82, 2.24) is 15.3 Å². The van der Waals surface area contributed by atoms with Crippen molar-refractivity contribution in [3.05, 3.63) is 17.7 Å². The summed E-state index contributed by atoms with van der Waals surface area (Å²) in [7, 11) is 1.66. The Morgan fingerprint density at radius 2 is 2.53 bits per heavy atom. The van der Waals surface area contributed by atoms with Gasteiger partial charge >= 0.3 is 0 Å². The van der Waals surface area contributed by atoms with Crippen molar-refractivity contribution < 1.29 is 9.53 Å². The molecule has 1 rings (SSSR count). The predicted octanol–water partition coefficient (Wildman–Crippen LogP) is -0.826. The van der Waals surface area contributed by atoms with Gasteiger partial charge in [-0.25, -0.2) is 4.98 Å². The molecule has 0 unspecified atom stereocenters. The summed E-state index contributed by atoms with van der Waals surface area (Å²) in [6.45, 7) is 2.12. The van der Waals surface area contributed by atoms with Crippen LogP contribution in [-0.2, 0) is 22.5 Å². The van der Waals surface area contributed by atoms with E-state index in [4.69, 9.17) is 10.5 Å². The lowest BCUT2D eigenvalue weighted by molar-refractivity contribution is -0.117. The number of aromatic nitrogens is 2. The topological polar surface area (TPSA) is 93.0 Å². The molecular weight excluding hydrogens is 196 g/mol. The molecule has 1 aromatic rings. The van der Waals surface area contributed by atoms with Gasteiger partial charge in [0.25, 0.3) is 0 Å². The number of H-pyrrole nitrogens is 1. The van der Waals surface area contributed by atoms with Crippen LogP contribution in [-0.4, -0.2) is 36.1 Å². The van der Waals surface area contributed by atoms with Gasteiger partial charge in [-0.15, -0.1) is 0 Å². The summed E-state index contributed by atoms with van der Waals surface area (Å²) in [5, 5.41) is 3.16. The molecule has 0 aliphatic heterocycles. The molecule has 6 heteroatoms. The van der Waals surface area contributed by atoms with Crippen molar-refractivity contribution in [2.45, 2.75) is 13.0 Å². The minimum Gasteiger partial charge on any atom is -0.383 e. The highest BCUT2D eigenvalue weighted by molar-refractivity contribution is 5.75. The van der Waals surface area contributed by atoms with Crippen molar-refractivity contribution in [1.29, 1.82) is 0 Å². The molecule has 0 fully saturated rings. The van der Waals surface area contributed by atoms with E-state index < -0.39 is 0 Å². The number of ether oxygens (including phenoxy) is 1. The molecule has 1 heterocycles. The van der Waals surface area contributed by atoms with Crippen molar-refractivity contribution in [3.8, 4) is 0 Å². The fourth-order valence-corrected chi connectivity index (χ4v) is 1.15. The van der Waals surface area contributed by atoms with E-state index in [1.807, 2.05) is 0 Å². The zero-order valence-electron chi connectivity index (χ0n) is 8.75. The zero-order chi connectivity index (χ0) is 11.1. The van der Waals surface area contributed by atoms with E-state index in [2.05, 4.69) is 15.3 Å². The van der Waals surface area contributed by atoms with Crippen molar-refractivity contribution in [2.75, 3.05) is 20.3 Å². The fraction of sp³-hybridized carbons (Fsp3) is 0.556. The van der Waals surface area contributed by atoms with Gasteiger partial charge in [0.05, 0.1) is 13.0 Å². The molecule has 0 atom stereocenters. The number of primary amides is 1. The molecule has 4 N–H and O–H groups in total. The van der Waals surface area contributed by atoms with Crippen LogP contribution in [0, 0.1) is 0 Å². The molecule has 1 aromatic heterocycles. The number of nitrogens with zero attached hydrogens (tertiary/aromatic N) is 1. The second-order valence-electron chi connectivity index (χ2n) is 3.17. The highest BCUT2D eigenvalue weighted by atomic mass is 16.5. The third-order valence-electron chi connectivity index (χ3n) is 1.82. The number of imidazole rings is 1. The molecular formula is C9H16N4O2. The van der Waals surface area contributed by atoms with Gasteiger partial charge < -0.3 is 20.8 Å². The number of aromatic amines is 1. The Bertz CT molecular complexity index is 311. The number of carbonyl (C=O) groups excluding carboxylic acids is 1. The van der Waals surface area contributed by atoms with Crippen LogP contribution in [0.1, 0.15) is 11.5 Å². The second kappa shape index (κ2) is 6.15. The average Bonchev–Trinajstić information content (AvgIpc) is 2.59. The molecule has 0 aliphatic carbocycles. The number of amides is 1. The summed E-state index contributed by atoms with van der Waals surface area (Å²) in [5.74, 6) is 0.217. The lowest BCUT2D eigenvalue weighted by atomic mass is 10.4. The molecule has 0 aliphatic rings. The third-order valence-corrected chi connectivity index (χ3v) is 1.82. The fourth-order valence-electron chi connectivity index (χ4n) is 1.15. The van der Waals surface area contributed by atoms with Crippen molar-refractivity contribution >= 4 is 5.91 Å². The van der Waals surface area contributed by atoms with Gasteiger partial charge in [0.1, 0.15) is 5.82 Å². The van der Waals surface area contributed by atoms with E-state index in [-0.39, 0.29) is 12.3 Å². The minimum atomic E-state index is -0.386. The number of nitrogens with one attached hydrogen (secondary N) is 2. The lowest BCUT2D eigenvalue weighted by Crippen LogP contribution is -2.19. The monoisotopic (exact) mass is 212 g/mol. The molecule has 15 heavy (non-hydrogen) atoms. The maximum Gasteiger partial charge on any atom is 0.225 e. The minimum absolute atomic E-state index is 0.151. The Hall–Kier alpha value is -1.40. The number of carbonyl (C=O) groups is 1. The molecule has 84 valence electrons. The first kappa shape index (κ1) is 11.7. The third kappa shape index (κ3) is 4.57. The van der Waals surface area contributed by atoms with Gasteiger partial charge in [0, 0.05) is 32.1 Å². The maximum absolute atomic E-state index is 10.6. The molecule has 1 amide bonds. The van der Waals surface area contributed by atoms with Crippen molar-refractivity contribution in [2.24, 2.45) is 5.73 Å². The van der Waals surface area contributed by atoms with Crippen LogP contribution in [0.3, 0.4) is 0 Å². The molecule has 0 aromatic carbocycles. The van der Waals surface area contributed by atoms with Crippen LogP contribution in [0.15, 0.2) is 6.20 Å². The Morgan fingerprint density at radius 3 is 3.20 bits per heavy atom. The Labute approximate surface area is 88.2 Å². The summed E-state index contributed by atoms with van der Waals surface area (Å²) in [5.41, 5.74) is 5.98. The molecule has 6 nitrogen and oxygen atoms in total. The standard InChI is InChI=1S/C9H16N4O2/c1-15-3-2-11-5-7-6-12-9(13-7)4-8(10)14/h6,11H,2-5H2,1H3,(H2,10,14)(H,12,13). The quantitative estimate of drug-likeness (QED) is 0.514. The van der Waals surface area contributed by atoms with E-state index in [0.717, 1.165) is 12.2 Å². The summed E-state index contributed by atoms with van der Waals surface area (Å²) in [6.07, 6.45) is 1.84. The molecule has 0 saturated carbocycles. The van der Waals surface area contributed by atoms with Crippen LogP contribution >= 0.6 is 0 Å². The maximum atomic E-state index is 10.6. The zero-order valence-corrected chi connectivity index (χ0v) is 8.75. The summed E-state index contributed by atoms with van der Waals surface area (Å²) in [6, 6.07) is 0. The van der Waals surface area contributed by atoms with E-state index in [1.54, 1.807) is 13.3 Å². The van der Waals surface area contributed by atoms with Crippen LogP contribution in [0.2, 0.25) is 0 Å². The normalized spacial score (nSPS) is 10.5. The predicted molar refractivity (Wildman–Crippen MR) is 55.1 cm³/mol. The smallest absolute Gasteiger partial charge is 0.225 e. The Morgan fingerprint density at radius 1 is 1.73 bits per heavy atom. The van der Waals surface area contributed by atoms with Crippen LogP contribution in [0.4, 0.5) is 0 Å². The summed E-state index contributed by atoms with van der Waals surface area (Å²) < 4.78 is 4.89. The summed E-state index contributed by atoms with van der Waals surface area (Å²) >= 11 is 0. The van der Waals surface area contributed by atoms with Crippen LogP contribution < -0.4 is 11.1 Å². The van der Waals surface area contributed by atoms with Crippen molar-refractivity contribution in [3.63, 3.8) is 0 Å². The lowest BCUT2D eigenvalue weighted by Gasteiger charge is -2.00. The van der Waals surface area contributed by atoms with Crippen LogP contribution in [0.25, 0.3) is 0 Å². The van der Waals surface area contributed by atoms with Gasteiger partial charge in [-0.1, -0.05) is 0 Å². The highest BCUT2D eigenvalue weighted by Crippen LogP contribution is 1.97. The average molecular weight is 212 g/mol. The van der Waals surface area contributed by atoms with Gasteiger partial charge in [-0.2, -0.15) is 0 Å².